The second-order valence-electron chi connectivity index (χ2n) is 7.54. The largest absolute Gasteiger partial charge is 0.444 e. The molecule has 0 bridgehead atoms. The zero-order valence-corrected chi connectivity index (χ0v) is 17.4. The Balaban J connectivity index is 0.000000325. The predicted octanol–water partition coefficient (Wildman–Crippen LogP) is 2.80. The van der Waals surface area contributed by atoms with Crippen LogP contribution in [0.5, 0.6) is 0 Å². The van der Waals surface area contributed by atoms with Crippen LogP contribution in [-0.2, 0) is 15.7 Å². The minimum Gasteiger partial charge on any atom is -0.444 e. The number of halogens is 3. The molecule has 2 N–H and O–H groups in total. The van der Waals surface area contributed by atoms with Gasteiger partial charge in [0, 0.05) is 26.1 Å². The summed E-state index contributed by atoms with van der Waals surface area (Å²) in [4.78, 5) is 38.2. The summed E-state index contributed by atoms with van der Waals surface area (Å²) in [6.45, 7) is 6.67. The van der Waals surface area contributed by atoms with Crippen LogP contribution in [0.25, 0.3) is 0 Å². The van der Waals surface area contributed by atoms with E-state index in [1.165, 1.54) is 6.07 Å². The van der Waals surface area contributed by atoms with Gasteiger partial charge in [0.1, 0.15) is 17.0 Å². The first-order valence-corrected chi connectivity index (χ1v) is 9.31. The molecular formula is C19H27F3N4O4. The molecule has 1 saturated heterocycles. The van der Waals surface area contributed by atoms with Crippen molar-refractivity contribution in [3.05, 3.63) is 29.6 Å². The summed E-state index contributed by atoms with van der Waals surface area (Å²) in [5, 5.41) is 0. The molecule has 11 heteroatoms. The van der Waals surface area contributed by atoms with Crippen LogP contribution in [0, 0.1) is 5.92 Å². The molecule has 1 aliphatic rings. The number of amides is 2. The number of aromatic nitrogens is 1. The Hall–Kier alpha value is -2.69. The Morgan fingerprint density at radius 3 is 2.27 bits per heavy atom. The van der Waals surface area contributed by atoms with Crippen LogP contribution in [0.1, 0.15) is 49.8 Å². The van der Waals surface area contributed by atoms with Gasteiger partial charge in [0.2, 0.25) is 5.91 Å². The standard InChI is InChI=1S/C12H23N3O3.C7H4F3NO/c1-12(2,3)18-11(17)15-7-5-9(6-8-15)10(16)14-13-4;8-7(9,10)6-3-1-2-5(4-12)11-6/h9,13H,5-8H2,1-4H3,(H,14,16);1-4H. The van der Waals surface area contributed by atoms with E-state index in [0.29, 0.717) is 25.9 Å². The molecule has 1 aliphatic heterocycles. The Labute approximate surface area is 173 Å². The predicted molar refractivity (Wildman–Crippen MR) is 102 cm³/mol. The zero-order chi connectivity index (χ0) is 22.9. The summed E-state index contributed by atoms with van der Waals surface area (Å²) in [5.74, 6) is -0.0440. The third-order valence-electron chi connectivity index (χ3n) is 3.95. The number of likely N-dealkylation sites (tertiary alicyclic amines) is 1. The van der Waals surface area contributed by atoms with Crippen LogP contribution in [-0.4, -0.2) is 53.9 Å². The van der Waals surface area contributed by atoms with E-state index >= 15 is 0 Å². The fourth-order valence-corrected chi connectivity index (χ4v) is 2.55. The van der Waals surface area contributed by atoms with Crippen molar-refractivity contribution in [2.45, 2.75) is 45.4 Å². The average Bonchev–Trinajstić information content (AvgIpc) is 2.67. The van der Waals surface area contributed by atoms with Crippen molar-refractivity contribution in [3.63, 3.8) is 0 Å². The Bertz CT molecular complexity index is 727. The molecule has 0 spiro atoms. The van der Waals surface area contributed by atoms with Crippen LogP contribution < -0.4 is 10.9 Å². The maximum Gasteiger partial charge on any atom is 0.433 e. The van der Waals surface area contributed by atoms with Gasteiger partial charge in [-0.25, -0.2) is 15.2 Å². The van der Waals surface area contributed by atoms with Crippen LogP contribution in [0.15, 0.2) is 18.2 Å². The molecule has 0 unspecified atom stereocenters. The number of alkyl halides is 3. The quantitative estimate of drug-likeness (QED) is 0.563. The lowest BCUT2D eigenvalue weighted by Crippen LogP contribution is -2.46. The van der Waals surface area contributed by atoms with E-state index in [1.54, 1.807) is 11.9 Å². The van der Waals surface area contributed by atoms with E-state index in [-0.39, 0.29) is 29.9 Å². The summed E-state index contributed by atoms with van der Waals surface area (Å²) in [7, 11) is 1.66. The van der Waals surface area contributed by atoms with Gasteiger partial charge in [-0.3, -0.25) is 15.0 Å². The molecule has 0 aromatic carbocycles. The first-order valence-electron chi connectivity index (χ1n) is 9.31. The molecule has 0 radical (unpaired) electrons. The number of carbonyl (C=O) groups excluding carboxylic acids is 3. The summed E-state index contributed by atoms with van der Waals surface area (Å²) < 4.78 is 41.1. The van der Waals surface area contributed by atoms with Gasteiger partial charge in [-0.1, -0.05) is 6.07 Å². The lowest BCUT2D eigenvalue weighted by molar-refractivity contribution is -0.141. The number of hydrogen-bond acceptors (Lipinski definition) is 6. The van der Waals surface area contributed by atoms with Crippen molar-refractivity contribution in [3.8, 4) is 0 Å². The van der Waals surface area contributed by atoms with Crippen molar-refractivity contribution in [1.29, 1.82) is 0 Å². The lowest BCUT2D eigenvalue weighted by Gasteiger charge is -2.32. The van der Waals surface area contributed by atoms with Gasteiger partial charge in [-0.2, -0.15) is 13.2 Å². The molecule has 0 atom stereocenters. The molecule has 1 fully saturated rings. The highest BCUT2D eigenvalue weighted by molar-refractivity contribution is 5.78. The summed E-state index contributed by atoms with van der Waals surface area (Å²) in [5.41, 5.74) is 3.46. The summed E-state index contributed by atoms with van der Waals surface area (Å²) in [6, 6.07) is 3.16. The van der Waals surface area contributed by atoms with E-state index in [2.05, 4.69) is 15.8 Å². The number of hydrogen-bond donors (Lipinski definition) is 2. The lowest BCUT2D eigenvalue weighted by atomic mass is 9.96. The van der Waals surface area contributed by atoms with Gasteiger partial charge in [0.05, 0.1) is 0 Å². The zero-order valence-electron chi connectivity index (χ0n) is 17.4. The van der Waals surface area contributed by atoms with Gasteiger partial charge >= 0.3 is 12.3 Å². The second kappa shape index (κ2) is 10.9. The number of piperidine rings is 1. The number of ether oxygens (including phenoxy) is 1. The monoisotopic (exact) mass is 432 g/mol. The molecule has 30 heavy (non-hydrogen) atoms. The van der Waals surface area contributed by atoms with Crippen molar-refractivity contribution >= 4 is 18.3 Å². The first kappa shape index (κ1) is 25.3. The third-order valence-corrected chi connectivity index (χ3v) is 3.95. The van der Waals surface area contributed by atoms with Crippen LogP contribution >= 0.6 is 0 Å². The molecule has 8 nitrogen and oxygen atoms in total. The Kier molecular flexibility index (Phi) is 9.22. The number of nitrogens with one attached hydrogen (secondary N) is 2. The number of nitrogens with zero attached hydrogens (tertiary/aromatic N) is 2. The SMILES string of the molecule is CNNC(=O)C1CCN(C(=O)OC(C)(C)C)CC1.O=Cc1cccc(C(F)(F)F)n1. The number of pyridine rings is 1. The minimum absolute atomic E-state index is 0.0126. The van der Waals surface area contributed by atoms with Crippen LogP contribution in [0.4, 0.5) is 18.0 Å². The maximum atomic E-state index is 11.9. The number of rotatable bonds is 3. The molecule has 2 amide bonds. The van der Waals surface area contributed by atoms with Gasteiger partial charge < -0.3 is 9.64 Å². The van der Waals surface area contributed by atoms with Crippen molar-refractivity contribution < 1.29 is 32.3 Å². The normalized spacial score (nSPS) is 15.0. The third kappa shape index (κ3) is 8.76. The molecule has 2 heterocycles. The fourth-order valence-electron chi connectivity index (χ4n) is 2.55. The summed E-state index contributed by atoms with van der Waals surface area (Å²) in [6.07, 6.45) is -3.16. The van der Waals surface area contributed by atoms with E-state index in [1.807, 2.05) is 20.8 Å². The van der Waals surface area contributed by atoms with Crippen molar-refractivity contribution in [2.75, 3.05) is 20.1 Å². The van der Waals surface area contributed by atoms with Gasteiger partial charge in [-0.15, -0.1) is 0 Å². The average molecular weight is 432 g/mol. The van der Waals surface area contributed by atoms with Gasteiger partial charge in [0.15, 0.2) is 6.29 Å². The highest BCUT2D eigenvalue weighted by Gasteiger charge is 2.32. The summed E-state index contributed by atoms with van der Waals surface area (Å²) >= 11 is 0. The molecule has 1 aromatic rings. The smallest absolute Gasteiger partial charge is 0.433 e. The molecular weight excluding hydrogens is 405 g/mol. The number of aldehydes is 1. The van der Waals surface area contributed by atoms with E-state index in [0.717, 1.165) is 12.1 Å². The Morgan fingerprint density at radius 2 is 1.80 bits per heavy atom. The molecule has 168 valence electrons. The van der Waals surface area contributed by atoms with Gasteiger partial charge in [0.25, 0.3) is 0 Å². The highest BCUT2D eigenvalue weighted by Crippen LogP contribution is 2.27. The van der Waals surface area contributed by atoms with E-state index in [4.69, 9.17) is 4.74 Å². The molecule has 0 aliphatic carbocycles. The highest BCUT2D eigenvalue weighted by atomic mass is 19.4. The molecule has 2 rings (SSSR count). The fraction of sp³-hybridized carbons (Fsp3) is 0.579. The number of carbonyl (C=O) groups is 3. The van der Waals surface area contributed by atoms with Crippen LogP contribution in [0.2, 0.25) is 0 Å². The maximum absolute atomic E-state index is 11.9. The van der Waals surface area contributed by atoms with Crippen molar-refractivity contribution in [2.24, 2.45) is 5.92 Å². The van der Waals surface area contributed by atoms with Crippen molar-refractivity contribution in [1.82, 2.24) is 20.7 Å². The topological polar surface area (TPSA) is 101 Å². The minimum atomic E-state index is -4.49. The second-order valence-corrected chi connectivity index (χ2v) is 7.54. The van der Waals surface area contributed by atoms with E-state index < -0.39 is 17.5 Å². The Morgan fingerprint density at radius 1 is 1.20 bits per heavy atom. The molecule has 0 saturated carbocycles. The molecule has 1 aromatic heterocycles. The first-order chi connectivity index (χ1) is 13.9. The van der Waals surface area contributed by atoms with Gasteiger partial charge in [-0.05, 0) is 45.7 Å². The van der Waals surface area contributed by atoms with Crippen LogP contribution in [0.3, 0.4) is 0 Å². The van der Waals surface area contributed by atoms with E-state index in [9.17, 15) is 27.6 Å². The number of hydrazine groups is 1.